The van der Waals surface area contributed by atoms with Gasteiger partial charge in [0.25, 0.3) is 0 Å². The van der Waals surface area contributed by atoms with Crippen LogP contribution in [0.3, 0.4) is 0 Å². The van der Waals surface area contributed by atoms with Crippen LogP contribution in [0.1, 0.15) is 25.1 Å². The van der Waals surface area contributed by atoms with Crippen molar-refractivity contribution >= 4 is 11.8 Å². The number of aliphatic hydroxyl groups excluding tert-OH is 2. The highest BCUT2D eigenvalue weighted by Gasteiger charge is 2.28. The molecule has 0 aliphatic carbocycles. The second-order valence-corrected chi connectivity index (χ2v) is 7.49. The molecule has 0 saturated carbocycles. The number of aliphatic imine (C=N–C) groups is 1. The van der Waals surface area contributed by atoms with E-state index >= 15 is 0 Å². The number of benzene rings is 2. The first-order valence-corrected chi connectivity index (χ1v) is 10.1. The molecular formula is C23H27FN4O3. The zero-order valence-electron chi connectivity index (χ0n) is 17.6. The van der Waals surface area contributed by atoms with E-state index in [9.17, 15) is 4.39 Å². The summed E-state index contributed by atoms with van der Waals surface area (Å²) in [4.78, 5) is 4.15. The SMILES string of the molecule is CC(C)(c1ccc(-c2ccccc2)c(F)c1)c1cc(N/C(=N/CCO)NCCO)on1. The van der Waals surface area contributed by atoms with E-state index in [0.717, 1.165) is 11.1 Å². The second kappa shape index (κ2) is 10.2. The van der Waals surface area contributed by atoms with Crippen LogP contribution >= 0.6 is 0 Å². The summed E-state index contributed by atoms with van der Waals surface area (Å²) in [7, 11) is 0. The Hall–Kier alpha value is -3.23. The van der Waals surface area contributed by atoms with Gasteiger partial charge in [0.1, 0.15) is 5.82 Å². The highest BCUT2D eigenvalue weighted by atomic mass is 19.1. The number of hydrogen-bond donors (Lipinski definition) is 4. The molecule has 8 heteroatoms. The number of aromatic nitrogens is 1. The molecule has 3 aromatic rings. The zero-order valence-corrected chi connectivity index (χ0v) is 17.6. The maximum absolute atomic E-state index is 14.9. The van der Waals surface area contributed by atoms with Crippen LogP contribution in [0.2, 0.25) is 0 Å². The fraction of sp³-hybridized carbons (Fsp3) is 0.304. The molecule has 0 aliphatic rings. The number of hydrogen-bond acceptors (Lipinski definition) is 5. The minimum Gasteiger partial charge on any atom is -0.395 e. The first kappa shape index (κ1) is 22.5. The van der Waals surface area contributed by atoms with Crippen LogP contribution in [0.25, 0.3) is 11.1 Å². The van der Waals surface area contributed by atoms with Crippen LogP contribution < -0.4 is 10.6 Å². The fourth-order valence-corrected chi connectivity index (χ4v) is 3.12. The first-order chi connectivity index (χ1) is 15.0. The monoisotopic (exact) mass is 426 g/mol. The lowest BCUT2D eigenvalue weighted by Gasteiger charge is -2.23. The highest BCUT2D eigenvalue weighted by molar-refractivity contribution is 5.92. The molecule has 31 heavy (non-hydrogen) atoms. The highest BCUT2D eigenvalue weighted by Crippen LogP contribution is 2.34. The molecule has 0 amide bonds. The smallest absolute Gasteiger partial charge is 0.231 e. The first-order valence-electron chi connectivity index (χ1n) is 10.1. The summed E-state index contributed by atoms with van der Waals surface area (Å²) in [5.74, 6) is 0.388. The maximum atomic E-state index is 14.9. The van der Waals surface area contributed by atoms with E-state index in [4.69, 9.17) is 14.7 Å². The number of guanidine groups is 1. The van der Waals surface area contributed by atoms with Crippen molar-refractivity contribution in [2.75, 3.05) is 31.6 Å². The van der Waals surface area contributed by atoms with Crippen LogP contribution in [0.15, 0.2) is 64.1 Å². The predicted octanol–water partition coefficient (Wildman–Crippen LogP) is 3.15. The number of nitrogens with one attached hydrogen (secondary N) is 2. The Morgan fingerprint density at radius 2 is 1.87 bits per heavy atom. The summed E-state index contributed by atoms with van der Waals surface area (Å²) in [6.45, 7) is 4.19. The molecule has 1 heterocycles. The minimum absolute atomic E-state index is 0.0704. The number of aliphatic hydroxyl groups is 2. The Kier molecular flexibility index (Phi) is 7.38. The van der Waals surface area contributed by atoms with Gasteiger partial charge in [-0.3, -0.25) is 10.3 Å². The third-order valence-electron chi connectivity index (χ3n) is 4.94. The van der Waals surface area contributed by atoms with Crippen LogP contribution in [0.5, 0.6) is 0 Å². The van der Waals surface area contributed by atoms with Gasteiger partial charge in [0.05, 0.1) is 25.5 Å². The lowest BCUT2D eigenvalue weighted by atomic mass is 9.81. The Morgan fingerprint density at radius 3 is 2.55 bits per heavy atom. The van der Waals surface area contributed by atoms with Gasteiger partial charge in [-0.05, 0) is 17.2 Å². The molecule has 1 aromatic heterocycles. The predicted molar refractivity (Wildman–Crippen MR) is 119 cm³/mol. The molecule has 0 bridgehead atoms. The van der Waals surface area contributed by atoms with Crippen molar-refractivity contribution in [3.63, 3.8) is 0 Å². The van der Waals surface area contributed by atoms with Gasteiger partial charge in [-0.15, -0.1) is 0 Å². The number of rotatable bonds is 8. The molecular weight excluding hydrogens is 399 g/mol. The van der Waals surface area contributed by atoms with Gasteiger partial charge < -0.3 is 20.1 Å². The zero-order chi connectivity index (χ0) is 22.3. The van der Waals surface area contributed by atoms with Gasteiger partial charge in [-0.25, -0.2) is 4.39 Å². The quantitative estimate of drug-likeness (QED) is 0.326. The van der Waals surface area contributed by atoms with Crippen molar-refractivity contribution in [1.29, 1.82) is 0 Å². The van der Waals surface area contributed by atoms with Crippen molar-refractivity contribution in [2.45, 2.75) is 19.3 Å². The molecule has 0 fully saturated rings. The second-order valence-electron chi connectivity index (χ2n) is 7.49. The maximum Gasteiger partial charge on any atom is 0.231 e. The molecule has 0 spiro atoms. The Labute approximate surface area is 180 Å². The van der Waals surface area contributed by atoms with E-state index in [0.29, 0.717) is 23.1 Å². The van der Waals surface area contributed by atoms with Crippen molar-refractivity contribution in [3.05, 3.63) is 71.7 Å². The van der Waals surface area contributed by atoms with E-state index in [1.54, 1.807) is 12.1 Å². The van der Waals surface area contributed by atoms with Gasteiger partial charge in [-0.1, -0.05) is 61.5 Å². The van der Waals surface area contributed by atoms with Crippen LogP contribution in [-0.4, -0.2) is 47.6 Å². The molecule has 164 valence electrons. The average molecular weight is 426 g/mol. The summed E-state index contributed by atoms with van der Waals surface area (Å²) in [5, 5.41) is 28.0. The number of anilines is 1. The standard InChI is InChI=1S/C23H27FN4O3/c1-23(2,17-8-9-18(19(24)14-17)16-6-4-3-5-7-16)20-15-21(31-28-20)27-22(25-10-12-29)26-11-13-30/h3-9,14-15,29-30H,10-13H2,1-2H3,(H2,25,26,27). The van der Waals surface area contributed by atoms with Gasteiger partial charge in [-0.2, -0.15) is 0 Å². The topological polar surface area (TPSA) is 103 Å². The molecule has 0 unspecified atom stereocenters. The molecule has 0 aliphatic heterocycles. The third kappa shape index (κ3) is 5.48. The summed E-state index contributed by atoms with van der Waals surface area (Å²) in [5.41, 5.74) is 2.13. The Balaban J connectivity index is 1.81. The molecule has 0 atom stereocenters. The molecule has 4 N–H and O–H groups in total. The third-order valence-corrected chi connectivity index (χ3v) is 4.94. The minimum atomic E-state index is -0.611. The fourth-order valence-electron chi connectivity index (χ4n) is 3.12. The summed E-state index contributed by atoms with van der Waals surface area (Å²) < 4.78 is 20.3. The average Bonchev–Trinajstić information content (AvgIpc) is 3.25. The largest absolute Gasteiger partial charge is 0.395 e. The molecule has 0 radical (unpaired) electrons. The summed E-state index contributed by atoms with van der Waals surface area (Å²) in [6.07, 6.45) is 0. The molecule has 0 saturated heterocycles. The Morgan fingerprint density at radius 1 is 1.10 bits per heavy atom. The van der Waals surface area contributed by atoms with Gasteiger partial charge in [0, 0.05) is 23.6 Å². The van der Waals surface area contributed by atoms with Gasteiger partial charge >= 0.3 is 0 Å². The van der Waals surface area contributed by atoms with Gasteiger partial charge in [0.15, 0.2) is 5.96 Å². The lowest BCUT2D eigenvalue weighted by molar-refractivity contribution is 0.299. The lowest BCUT2D eigenvalue weighted by Crippen LogP contribution is -2.33. The van der Waals surface area contributed by atoms with E-state index in [1.165, 1.54) is 6.07 Å². The van der Waals surface area contributed by atoms with Crippen molar-refractivity contribution < 1.29 is 19.1 Å². The number of halogens is 1. The normalized spacial score (nSPS) is 12.1. The van der Waals surface area contributed by atoms with E-state index in [1.807, 2.05) is 50.2 Å². The van der Waals surface area contributed by atoms with E-state index in [-0.39, 0.29) is 32.1 Å². The van der Waals surface area contributed by atoms with Crippen LogP contribution in [0, 0.1) is 5.82 Å². The van der Waals surface area contributed by atoms with E-state index in [2.05, 4.69) is 20.8 Å². The molecule has 3 rings (SSSR count). The van der Waals surface area contributed by atoms with Crippen molar-refractivity contribution in [3.8, 4) is 11.1 Å². The molecule has 7 nitrogen and oxygen atoms in total. The van der Waals surface area contributed by atoms with Gasteiger partial charge in [0.2, 0.25) is 5.88 Å². The van der Waals surface area contributed by atoms with Crippen LogP contribution in [-0.2, 0) is 5.41 Å². The van der Waals surface area contributed by atoms with Crippen molar-refractivity contribution in [1.82, 2.24) is 10.5 Å². The number of nitrogens with zero attached hydrogens (tertiary/aromatic N) is 2. The molecule has 2 aromatic carbocycles. The van der Waals surface area contributed by atoms with E-state index < -0.39 is 5.41 Å². The van der Waals surface area contributed by atoms with Crippen LogP contribution in [0.4, 0.5) is 10.3 Å². The Bertz CT molecular complexity index is 1020. The summed E-state index contributed by atoms with van der Waals surface area (Å²) in [6, 6.07) is 16.3. The summed E-state index contributed by atoms with van der Waals surface area (Å²) >= 11 is 0. The van der Waals surface area contributed by atoms with Crippen molar-refractivity contribution in [2.24, 2.45) is 4.99 Å².